The molecule has 48 heavy (non-hydrogen) atoms. The first-order chi connectivity index (χ1) is 23.5. The van der Waals surface area contributed by atoms with Crippen molar-refractivity contribution in [2.45, 2.75) is 58.2 Å². The molecule has 0 fully saturated rings. The molecule has 4 heterocycles. The van der Waals surface area contributed by atoms with Gasteiger partial charge in [-0.3, -0.25) is 9.80 Å². The Bertz CT molecular complexity index is 2150. The summed E-state index contributed by atoms with van der Waals surface area (Å²) >= 11 is 3.38. The summed E-state index contributed by atoms with van der Waals surface area (Å²) in [5.74, 6) is 0. The molecule has 0 saturated carbocycles. The average molecular weight is 667 g/mol. The molecule has 2 unspecified atom stereocenters. The van der Waals surface area contributed by atoms with E-state index in [1.165, 1.54) is 42.8 Å². The Morgan fingerprint density at radius 1 is 0.604 bits per heavy atom. The first kappa shape index (κ1) is 32.1. The molecule has 0 aliphatic carbocycles. The summed E-state index contributed by atoms with van der Waals surface area (Å²) in [6, 6.07) is 30.8. The Labute approximate surface area is 290 Å². The Morgan fingerprint density at radius 2 is 1.15 bits per heavy atom. The average Bonchev–Trinajstić information content (AvgIpc) is 3.69. The topological polar surface area (TPSA) is 79.8 Å². The molecule has 8 rings (SSSR count). The molecule has 0 radical (unpaired) electrons. The minimum Gasteiger partial charge on any atom is -0.296 e. The van der Waals surface area contributed by atoms with Crippen molar-refractivity contribution >= 4 is 43.1 Å². The molecule has 0 amide bonds. The maximum Gasteiger partial charge on any atom is 0.0991 e. The second-order valence-corrected chi connectivity index (χ2v) is 14.6. The standard InChI is InChI=1S/2C20H19N3S/c1-14(17-4-5-20-19(11-17)22-13-24-20)23-8-6-16-3-2-15(12-21)10-18(16)7-9-23;1-14(16-6-7-20-19(10-16)22-13-24-20)23-8-2-3-17-9-15(11-21)4-5-18(17)12-23/h2-5,10-11,13-14H,6-9H2,1H3;4-7,9-10,13-14H,2-3,8,12H2,1H3. The van der Waals surface area contributed by atoms with Gasteiger partial charge in [-0.05, 0) is 128 Å². The second-order valence-electron chi connectivity index (χ2n) is 12.8. The van der Waals surface area contributed by atoms with Crippen LogP contribution in [0.4, 0.5) is 0 Å². The number of benzene rings is 4. The number of hydrogen-bond acceptors (Lipinski definition) is 8. The van der Waals surface area contributed by atoms with Crippen molar-refractivity contribution in [2.24, 2.45) is 0 Å². The molecule has 0 bridgehead atoms. The van der Waals surface area contributed by atoms with Crippen molar-refractivity contribution < 1.29 is 0 Å². The van der Waals surface area contributed by atoms with Crippen LogP contribution in [-0.4, -0.2) is 39.4 Å². The lowest BCUT2D eigenvalue weighted by Crippen LogP contribution is -2.29. The van der Waals surface area contributed by atoms with Gasteiger partial charge in [-0.25, -0.2) is 9.97 Å². The summed E-state index contributed by atoms with van der Waals surface area (Å²) in [5.41, 5.74) is 15.6. The van der Waals surface area contributed by atoms with E-state index in [2.05, 4.69) is 106 Å². The summed E-state index contributed by atoms with van der Waals surface area (Å²) in [4.78, 5) is 14.0. The van der Waals surface area contributed by atoms with E-state index in [9.17, 15) is 0 Å². The summed E-state index contributed by atoms with van der Waals surface area (Å²) in [7, 11) is 0. The molecular formula is C40H38N6S2. The lowest BCUT2D eigenvalue weighted by molar-refractivity contribution is 0.205. The number of nitrogens with zero attached hydrogens (tertiary/aromatic N) is 6. The third-order valence-corrected chi connectivity index (χ3v) is 11.7. The Morgan fingerprint density at radius 3 is 1.75 bits per heavy atom. The van der Waals surface area contributed by atoms with Crippen LogP contribution in [0.25, 0.3) is 20.4 Å². The van der Waals surface area contributed by atoms with Gasteiger partial charge in [-0.1, -0.05) is 24.3 Å². The van der Waals surface area contributed by atoms with Crippen molar-refractivity contribution in [3.8, 4) is 12.1 Å². The summed E-state index contributed by atoms with van der Waals surface area (Å²) in [6.45, 7) is 8.66. The van der Waals surface area contributed by atoms with Crippen LogP contribution in [0, 0.1) is 22.7 Å². The zero-order valence-corrected chi connectivity index (χ0v) is 29.0. The van der Waals surface area contributed by atoms with E-state index in [1.54, 1.807) is 22.7 Å². The van der Waals surface area contributed by atoms with Crippen molar-refractivity contribution in [3.63, 3.8) is 0 Å². The lowest BCUT2D eigenvalue weighted by Gasteiger charge is -2.28. The Kier molecular flexibility index (Phi) is 9.61. The fourth-order valence-corrected chi connectivity index (χ4v) is 8.39. The molecule has 2 aromatic heterocycles. The van der Waals surface area contributed by atoms with E-state index in [4.69, 9.17) is 10.5 Å². The third-order valence-electron chi connectivity index (χ3n) is 10.0. The predicted molar refractivity (Wildman–Crippen MR) is 196 cm³/mol. The number of nitriles is 2. The van der Waals surface area contributed by atoms with E-state index in [1.807, 2.05) is 23.2 Å². The Balaban J connectivity index is 0.000000152. The van der Waals surface area contributed by atoms with Crippen LogP contribution in [0.1, 0.15) is 76.9 Å². The van der Waals surface area contributed by atoms with Crippen LogP contribution < -0.4 is 0 Å². The van der Waals surface area contributed by atoms with Crippen molar-refractivity contribution in [3.05, 3.63) is 128 Å². The van der Waals surface area contributed by atoms with Crippen LogP contribution >= 0.6 is 22.7 Å². The highest BCUT2D eigenvalue weighted by Crippen LogP contribution is 2.31. The molecule has 240 valence electrons. The van der Waals surface area contributed by atoms with Crippen molar-refractivity contribution in [2.75, 3.05) is 19.6 Å². The van der Waals surface area contributed by atoms with Crippen LogP contribution in [-0.2, 0) is 25.8 Å². The smallest absolute Gasteiger partial charge is 0.0991 e. The maximum absolute atomic E-state index is 9.10. The number of rotatable bonds is 4. The molecule has 0 saturated heterocycles. The maximum atomic E-state index is 9.10. The molecule has 0 spiro atoms. The van der Waals surface area contributed by atoms with Gasteiger partial charge in [-0.15, -0.1) is 22.7 Å². The van der Waals surface area contributed by atoms with Crippen molar-refractivity contribution in [1.82, 2.24) is 19.8 Å². The molecule has 4 aromatic carbocycles. The first-order valence-electron chi connectivity index (χ1n) is 16.7. The summed E-state index contributed by atoms with van der Waals surface area (Å²) < 4.78 is 2.49. The fourth-order valence-electron chi connectivity index (χ4n) is 7.07. The Hall–Kier alpha value is -4.44. The molecular weight excluding hydrogens is 629 g/mol. The zero-order chi connectivity index (χ0) is 33.0. The molecule has 2 aliphatic heterocycles. The molecule has 0 N–H and O–H groups in total. The number of hydrogen-bond donors (Lipinski definition) is 0. The lowest BCUT2D eigenvalue weighted by atomic mass is 10.0. The minimum atomic E-state index is 0.359. The van der Waals surface area contributed by atoms with Gasteiger partial charge in [0, 0.05) is 31.7 Å². The van der Waals surface area contributed by atoms with Gasteiger partial charge in [0.2, 0.25) is 0 Å². The van der Waals surface area contributed by atoms with Crippen LogP contribution in [0.5, 0.6) is 0 Å². The van der Waals surface area contributed by atoms with E-state index in [0.29, 0.717) is 12.1 Å². The van der Waals surface area contributed by atoms with Gasteiger partial charge >= 0.3 is 0 Å². The first-order valence-corrected chi connectivity index (χ1v) is 18.4. The number of aryl methyl sites for hydroxylation is 1. The van der Waals surface area contributed by atoms with E-state index in [0.717, 1.165) is 74.0 Å². The molecule has 6 aromatic rings. The quantitative estimate of drug-likeness (QED) is 0.187. The molecule has 8 heteroatoms. The van der Waals surface area contributed by atoms with Gasteiger partial charge in [0.25, 0.3) is 0 Å². The van der Waals surface area contributed by atoms with E-state index in [-0.39, 0.29) is 0 Å². The number of fused-ring (bicyclic) bond motifs is 4. The van der Waals surface area contributed by atoms with Crippen LogP contribution in [0.2, 0.25) is 0 Å². The summed E-state index contributed by atoms with van der Waals surface area (Å²) in [5, 5.41) is 18.2. The molecule has 6 nitrogen and oxygen atoms in total. The van der Waals surface area contributed by atoms with E-state index >= 15 is 0 Å². The largest absolute Gasteiger partial charge is 0.296 e. The highest BCUT2D eigenvalue weighted by atomic mass is 32.1. The third kappa shape index (κ3) is 6.90. The normalized spacial score (nSPS) is 16.3. The molecule has 2 aliphatic rings. The highest BCUT2D eigenvalue weighted by Gasteiger charge is 2.22. The molecule has 2 atom stereocenters. The SMILES string of the molecule is CC(c1ccc2scnc2c1)N1CCCc2cc(C#N)ccc2C1.CC(c1ccc2scnc2c1)N1CCc2ccc(C#N)cc2CC1. The predicted octanol–water partition coefficient (Wildman–Crippen LogP) is 9.01. The monoisotopic (exact) mass is 666 g/mol. The second kappa shape index (κ2) is 14.4. The van der Waals surface area contributed by atoms with Crippen molar-refractivity contribution in [1.29, 1.82) is 10.5 Å². The fraction of sp³-hybridized carbons (Fsp3) is 0.300. The minimum absolute atomic E-state index is 0.359. The van der Waals surface area contributed by atoms with Gasteiger partial charge in [0.1, 0.15) is 0 Å². The van der Waals surface area contributed by atoms with Gasteiger partial charge in [0.05, 0.1) is 54.7 Å². The highest BCUT2D eigenvalue weighted by molar-refractivity contribution is 7.17. The van der Waals surface area contributed by atoms with Crippen LogP contribution in [0.15, 0.2) is 83.8 Å². The number of aromatic nitrogens is 2. The van der Waals surface area contributed by atoms with Gasteiger partial charge in [0.15, 0.2) is 0 Å². The summed E-state index contributed by atoms with van der Waals surface area (Å²) in [6.07, 6.45) is 4.24. The number of thiazole rings is 2. The van der Waals surface area contributed by atoms with Gasteiger partial charge < -0.3 is 0 Å². The zero-order valence-electron chi connectivity index (χ0n) is 27.4. The van der Waals surface area contributed by atoms with E-state index < -0.39 is 0 Å². The van der Waals surface area contributed by atoms with Gasteiger partial charge in [-0.2, -0.15) is 10.5 Å². The van der Waals surface area contributed by atoms with Crippen LogP contribution in [0.3, 0.4) is 0 Å².